The number of hydrogen-bond donors (Lipinski definition) is 1. The van der Waals surface area contributed by atoms with Crippen LogP contribution in [0.25, 0.3) is 0 Å². The van der Waals surface area contributed by atoms with Crippen LogP contribution in [-0.2, 0) is 4.79 Å². The first kappa shape index (κ1) is 7.32. The van der Waals surface area contributed by atoms with Crippen LogP contribution in [0.1, 0.15) is 20.3 Å². The van der Waals surface area contributed by atoms with E-state index in [1.807, 2.05) is 13.8 Å². The van der Waals surface area contributed by atoms with Crippen LogP contribution >= 0.6 is 0 Å². The summed E-state index contributed by atoms with van der Waals surface area (Å²) in [6.07, 6.45) is 1.83. The van der Waals surface area contributed by atoms with E-state index in [-0.39, 0.29) is 17.5 Å². The molecule has 2 heteroatoms. The number of aliphatic hydroxyl groups excluding tert-OH is 1. The molecule has 1 rings (SSSR count). The Morgan fingerprint density at radius 2 is 2.30 bits per heavy atom. The normalized spacial score (nSPS) is 25.7. The standard InChI is InChI=1S/C8H12O2/c1-5(2)7-3-6(9)4-8(7)10/h4-5,7,10H,3H2,1-2H3. The van der Waals surface area contributed by atoms with Crippen molar-refractivity contribution in [3.05, 3.63) is 11.8 Å². The van der Waals surface area contributed by atoms with Gasteiger partial charge in [-0.3, -0.25) is 4.79 Å². The maximum absolute atomic E-state index is 10.7. The number of carbonyl (C=O) groups excluding carboxylic acids is 1. The molecule has 0 aromatic carbocycles. The maximum atomic E-state index is 10.7. The second-order valence-electron chi connectivity index (χ2n) is 3.09. The highest BCUT2D eigenvalue weighted by Gasteiger charge is 2.26. The summed E-state index contributed by atoms with van der Waals surface area (Å²) < 4.78 is 0. The molecule has 56 valence electrons. The fourth-order valence-corrected chi connectivity index (χ4v) is 1.23. The highest BCUT2D eigenvalue weighted by atomic mass is 16.3. The minimum atomic E-state index is 0.0520. The zero-order valence-corrected chi connectivity index (χ0v) is 6.29. The number of ketones is 1. The first-order valence-electron chi connectivity index (χ1n) is 3.54. The van der Waals surface area contributed by atoms with E-state index in [0.29, 0.717) is 12.3 Å². The Labute approximate surface area is 60.6 Å². The Morgan fingerprint density at radius 3 is 2.50 bits per heavy atom. The molecule has 0 radical (unpaired) electrons. The molecule has 1 aliphatic carbocycles. The van der Waals surface area contributed by atoms with E-state index in [1.54, 1.807) is 0 Å². The first-order valence-corrected chi connectivity index (χ1v) is 3.54. The highest BCUT2D eigenvalue weighted by molar-refractivity contribution is 5.92. The van der Waals surface area contributed by atoms with Crippen LogP contribution in [-0.4, -0.2) is 10.9 Å². The van der Waals surface area contributed by atoms with E-state index < -0.39 is 0 Å². The monoisotopic (exact) mass is 140 g/mol. The van der Waals surface area contributed by atoms with Crippen molar-refractivity contribution in [3.8, 4) is 0 Å². The Kier molecular flexibility index (Phi) is 1.79. The third kappa shape index (κ3) is 1.20. The molecule has 0 aromatic heterocycles. The summed E-state index contributed by atoms with van der Waals surface area (Å²) in [5, 5.41) is 9.17. The average Bonchev–Trinajstić information content (AvgIpc) is 2.10. The van der Waals surface area contributed by atoms with Gasteiger partial charge in [-0.25, -0.2) is 0 Å². The summed E-state index contributed by atoms with van der Waals surface area (Å²) in [4.78, 5) is 10.7. The fraction of sp³-hybridized carbons (Fsp3) is 0.625. The van der Waals surface area contributed by atoms with Crippen LogP contribution in [0.2, 0.25) is 0 Å². The van der Waals surface area contributed by atoms with Gasteiger partial charge in [0.2, 0.25) is 0 Å². The van der Waals surface area contributed by atoms with Crippen LogP contribution in [0.3, 0.4) is 0 Å². The van der Waals surface area contributed by atoms with E-state index >= 15 is 0 Å². The van der Waals surface area contributed by atoms with Gasteiger partial charge in [0.05, 0.1) is 5.76 Å². The quantitative estimate of drug-likeness (QED) is 0.601. The molecule has 10 heavy (non-hydrogen) atoms. The Morgan fingerprint density at radius 1 is 1.70 bits per heavy atom. The molecule has 0 amide bonds. The van der Waals surface area contributed by atoms with Gasteiger partial charge in [0, 0.05) is 18.4 Å². The van der Waals surface area contributed by atoms with Gasteiger partial charge >= 0.3 is 0 Å². The summed E-state index contributed by atoms with van der Waals surface area (Å²) in [7, 11) is 0. The van der Waals surface area contributed by atoms with Gasteiger partial charge in [-0.15, -0.1) is 0 Å². The fourth-order valence-electron chi connectivity index (χ4n) is 1.23. The molecule has 0 aliphatic heterocycles. The maximum Gasteiger partial charge on any atom is 0.159 e. The second kappa shape index (κ2) is 2.45. The molecule has 1 aliphatic rings. The SMILES string of the molecule is CC(C)C1CC(=O)C=C1O. The summed E-state index contributed by atoms with van der Waals surface area (Å²) in [5.74, 6) is 0.756. The molecule has 2 nitrogen and oxygen atoms in total. The van der Waals surface area contributed by atoms with Gasteiger partial charge < -0.3 is 5.11 Å². The molecule has 1 unspecified atom stereocenters. The second-order valence-corrected chi connectivity index (χ2v) is 3.09. The Hall–Kier alpha value is -0.790. The van der Waals surface area contributed by atoms with Gasteiger partial charge in [-0.05, 0) is 5.92 Å². The molecular formula is C8H12O2. The summed E-state index contributed by atoms with van der Waals surface area (Å²) in [5.41, 5.74) is 0. The molecule has 1 N–H and O–H groups in total. The van der Waals surface area contributed by atoms with Gasteiger partial charge in [0.1, 0.15) is 0 Å². The Balaban J connectivity index is 2.68. The van der Waals surface area contributed by atoms with Crippen molar-refractivity contribution in [3.63, 3.8) is 0 Å². The zero-order chi connectivity index (χ0) is 7.72. The zero-order valence-electron chi connectivity index (χ0n) is 6.29. The smallest absolute Gasteiger partial charge is 0.159 e. The number of rotatable bonds is 1. The van der Waals surface area contributed by atoms with E-state index in [1.165, 1.54) is 6.08 Å². The summed E-state index contributed by atoms with van der Waals surface area (Å²) >= 11 is 0. The lowest BCUT2D eigenvalue weighted by molar-refractivity contribution is -0.114. The Bertz CT molecular complexity index is 180. The third-order valence-corrected chi connectivity index (χ3v) is 1.91. The van der Waals surface area contributed by atoms with Crippen LogP contribution < -0.4 is 0 Å². The van der Waals surface area contributed by atoms with Crippen molar-refractivity contribution in [2.75, 3.05) is 0 Å². The van der Waals surface area contributed by atoms with Gasteiger partial charge in [-0.2, -0.15) is 0 Å². The van der Waals surface area contributed by atoms with Crippen molar-refractivity contribution < 1.29 is 9.90 Å². The molecule has 0 heterocycles. The number of carbonyl (C=O) groups is 1. The van der Waals surface area contributed by atoms with Crippen molar-refractivity contribution >= 4 is 5.78 Å². The van der Waals surface area contributed by atoms with Crippen molar-refractivity contribution in [1.82, 2.24) is 0 Å². The highest BCUT2D eigenvalue weighted by Crippen LogP contribution is 2.27. The lowest BCUT2D eigenvalue weighted by atomic mass is 9.94. The third-order valence-electron chi connectivity index (χ3n) is 1.91. The summed E-state index contributed by atoms with van der Waals surface area (Å²) in [6, 6.07) is 0. The average molecular weight is 140 g/mol. The number of allylic oxidation sites excluding steroid dienone is 2. The van der Waals surface area contributed by atoms with Crippen molar-refractivity contribution in [1.29, 1.82) is 0 Å². The van der Waals surface area contributed by atoms with Crippen LogP contribution in [0.5, 0.6) is 0 Å². The van der Waals surface area contributed by atoms with E-state index in [4.69, 9.17) is 0 Å². The largest absolute Gasteiger partial charge is 0.512 e. The van der Waals surface area contributed by atoms with Gasteiger partial charge in [0.25, 0.3) is 0 Å². The van der Waals surface area contributed by atoms with Gasteiger partial charge in [0.15, 0.2) is 5.78 Å². The molecule has 0 bridgehead atoms. The van der Waals surface area contributed by atoms with Crippen LogP contribution in [0.4, 0.5) is 0 Å². The molecule has 0 saturated carbocycles. The lowest BCUT2D eigenvalue weighted by Gasteiger charge is -2.12. The van der Waals surface area contributed by atoms with E-state index in [2.05, 4.69) is 0 Å². The molecule has 1 atom stereocenters. The molecule has 0 aromatic rings. The molecule has 0 saturated heterocycles. The predicted octanol–water partition coefficient (Wildman–Crippen LogP) is 1.67. The topological polar surface area (TPSA) is 37.3 Å². The first-order chi connectivity index (χ1) is 4.61. The lowest BCUT2D eigenvalue weighted by Crippen LogP contribution is -2.08. The molecule has 0 spiro atoms. The minimum absolute atomic E-state index is 0.0520. The number of hydrogen-bond acceptors (Lipinski definition) is 2. The van der Waals surface area contributed by atoms with E-state index in [0.717, 1.165) is 0 Å². The molecule has 0 fully saturated rings. The van der Waals surface area contributed by atoms with Gasteiger partial charge in [-0.1, -0.05) is 13.8 Å². The van der Waals surface area contributed by atoms with Crippen LogP contribution in [0.15, 0.2) is 11.8 Å². The van der Waals surface area contributed by atoms with Crippen molar-refractivity contribution in [2.45, 2.75) is 20.3 Å². The van der Waals surface area contributed by atoms with E-state index in [9.17, 15) is 9.90 Å². The minimum Gasteiger partial charge on any atom is -0.512 e. The number of aliphatic hydroxyl groups is 1. The predicted molar refractivity (Wildman–Crippen MR) is 38.7 cm³/mol. The van der Waals surface area contributed by atoms with Crippen molar-refractivity contribution in [2.24, 2.45) is 11.8 Å². The van der Waals surface area contributed by atoms with Crippen LogP contribution in [0, 0.1) is 11.8 Å². The molecular weight excluding hydrogens is 128 g/mol. The summed E-state index contributed by atoms with van der Waals surface area (Å²) in [6.45, 7) is 4.01.